The van der Waals surface area contributed by atoms with Crippen LogP contribution in [0.25, 0.3) is 0 Å². The number of aromatic amines is 1. The van der Waals surface area contributed by atoms with Crippen molar-refractivity contribution < 1.29 is 4.79 Å². The highest BCUT2D eigenvalue weighted by atomic mass is 16.1. The molecular weight excluding hydrogens is 330 g/mol. The second-order valence-electron chi connectivity index (χ2n) is 7.24. The first-order valence-corrected chi connectivity index (χ1v) is 9.45. The van der Waals surface area contributed by atoms with E-state index in [0.29, 0.717) is 12.1 Å². The predicted molar refractivity (Wildman–Crippen MR) is 97.7 cm³/mol. The van der Waals surface area contributed by atoms with Crippen LogP contribution in [0.15, 0.2) is 29.2 Å². The third-order valence-corrected chi connectivity index (χ3v) is 5.45. The summed E-state index contributed by atoms with van der Waals surface area (Å²) in [6, 6.07) is 5.69. The standard InChI is InChI=1S/C19H25N5O2/c25-18-7-6-14(11-20-18)19(26)21-12-15-10-17-13-23(8-9-24(17)22-15)16-4-2-1-3-5-16/h6-7,10-11,16H,1-5,8-9,12-13H2,(H,20,25)(H,21,26). The minimum atomic E-state index is -0.217. The maximum atomic E-state index is 12.2. The van der Waals surface area contributed by atoms with Crippen LogP contribution in [-0.4, -0.2) is 38.2 Å². The molecule has 2 N–H and O–H groups in total. The molecule has 0 atom stereocenters. The van der Waals surface area contributed by atoms with Crippen LogP contribution in [-0.2, 0) is 19.6 Å². The molecule has 7 heteroatoms. The molecule has 7 nitrogen and oxygen atoms in total. The third kappa shape index (κ3) is 3.72. The molecular formula is C19H25N5O2. The van der Waals surface area contributed by atoms with E-state index in [-0.39, 0.29) is 11.5 Å². The van der Waals surface area contributed by atoms with E-state index in [2.05, 4.69) is 31.0 Å². The van der Waals surface area contributed by atoms with Gasteiger partial charge in [0, 0.05) is 31.4 Å². The maximum absolute atomic E-state index is 12.2. The van der Waals surface area contributed by atoms with Gasteiger partial charge in [-0.2, -0.15) is 5.10 Å². The number of carbonyl (C=O) groups excluding carboxylic acids is 1. The highest BCUT2D eigenvalue weighted by Gasteiger charge is 2.25. The molecule has 0 bridgehead atoms. The molecule has 138 valence electrons. The Morgan fingerprint density at radius 2 is 2.08 bits per heavy atom. The molecule has 2 aromatic heterocycles. The zero-order valence-electron chi connectivity index (χ0n) is 14.9. The number of hydrogen-bond donors (Lipinski definition) is 2. The fourth-order valence-electron chi connectivity index (χ4n) is 4.02. The van der Waals surface area contributed by atoms with E-state index in [0.717, 1.165) is 31.4 Å². The number of pyridine rings is 1. The summed E-state index contributed by atoms with van der Waals surface area (Å²) in [5.74, 6) is -0.212. The van der Waals surface area contributed by atoms with E-state index in [1.165, 1.54) is 56.1 Å². The Morgan fingerprint density at radius 1 is 1.23 bits per heavy atom. The molecule has 1 saturated carbocycles. The molecule has 0 aromatic carbocycles. The van der Waals surface area contributed by atoms with Crippen LogP contribution in [0.5, 0.6) is 0 Å². The van der Waals surface area contributed by atoms with Crippen molar-refractivity contribution in [2.24, 2.45) is 0 Å². The molecule has 0 radical (unpaired) electrons. The summed E-state index contributed by atoms with van der Waals surface area (Å²) < 4.78 is 2.07. The summed E-state index contributed by atoms with van der Waals surface area (Å²) in [6.07, 6.45) is 8.14. The number of carbonyl (C=O) groups is 1. The average Bonchev–Trinajstić information content (AvgIpc) is 3.09. The van der Waals surface area contributed by atoms with Gasteiger partial charge in [0.15, 0.2) is 0 Å². The van der Waals surface area contributed by atoms with Gasteiger partial charge in [0.1, 0.15) is 0 Å². The fraction of sp³-hybridized carbons (Fsp3) is 0.526. The maximum Gasteiger partial charge on any atom is 0.253 e. The summed E-state index contributed by atoms with van der Waals surface area (Å²) in [7, 11) is 0. The van der Waals surface area contributed by atoms with Gasteiger partial charge in [0.2, 0.25) is 5.56 Å². The largest absolute Gasteiger partial charge is 0.346 e. The van der Waals surface area contributed by atoms with Crippen molar-refractivity contribution >= 4 is 5.91 Å². The molecule has 1 aliphatic carbocycles. The third-order valence-electron chi connectivity index (χ3n) is 5.45. The lowest BCUT2D eigenvalue weighted by Gasteiger charge is -2.36. The van der Waals surface area contributed by atoms with Crippen molar-refractivity contribution in [3.05, 3.63) is 51.7 Å². The minimum absolute atomic E-state index is 0.212. The van der Waals surface area contributed by atoms with Crippen LogP contribution in [0.1, 0.15) is 53.8 Å². The first kappa shape index (κ1) is 17.0. The monoisotopic (exact) mass is 355 g/mol. The van der Waals surface area contributed by atoms with Crippen LogP contribution in [0.4, 0.5) is 0 Å². The van der Waals surface area contributed by atoms with Crippen LogP contribution < -0.4 is 10.9 Å². The van der Waals surface area contributed by atoms with E-state index >= 15 is 0 Å². The molecule has 3 heterocycles. The highest BCUT2D eigenvalue weighted by molar-refractivity contribution is 5.93. The van der Waals surface area contributed by atoms with Crippen molar-refractivity contribution in [1.82, 2.24) is 25.0 Å². The molecule has 0 saturated heterocycles. The minimum Gasteiger partial charge on any atom is -0.346 e. The number of amides is 1. The molecule has 4 rings (SSSR count). The van der Waals surface area contributed by atoms with Crippen LogP contribution in [0.3, 0.4) is 0 Å². The number of nitrogens with one attached hydrogen (secondary N) is 2. The van der Waals surface area contributed by atoms with E-state index < -0.39 is 0 Å². The summed E-state index contributed by atoms with van der Waals surface area (Å²) in [6.45, 7) is 3.31. The zero-order chi connectivity index (χ0) is 17.9. The van der Waals surface area contributed by atoms with Gasteiger partial charge in [-0.3, -0.25) is 19.2 Å². The van der Waals surface area contributed by atoms with Crippen molar-refractivity contribution in [3.8, 4) is 0 Å². The van der Waals surface area contributed by atoms with Crippen molar-refractivity contribution in [2.45, 2.75) is 57.8 Å². The van der Waals surface area contributed by atoms with Gasteiger partial charge < -0.3 is 10.3 Å². The quantitative estimate of drug-likeness (QED) is 0.874. The molecule has 26 heavy (non-hydrogen) atoms. The summed E-state index contributed by atoms with van der Waals surface area (Å²) in [5, 5.41) is 7.50. The van der Waals surface area contributed by atoms with Gasteiger partial charge in [-0.1, -0.05) is 19.3 Å². The second kappa shape index (κ2) is 7.45. The lowest BCUT2D eigenvalue weighted by molar-refractivity contribution is 0.0950. The van der Waals surface area contributed by atoms with Gasteiger partial charge in [-0.05, 0) is 25.0 Å². The predicted octanol–water partition coefficient (Wildman–Crippen LogP) is 1.65. The van der Waals surface area contributed by atoms with E-state index in [1.807, 2.05) is 0 Å². The SMILES string of the molecule is O=C(NCc1cc2n(n1)CCN(C1CCCCC1)C2)c1ccc(=O)[nH]c1. The van der Waals surface area contributed by atoms with Crippen molar-refractivity contribution in [2.75, 3.05) is 6.54 Å². The number of hydrogen-bond acceptors (Lipinski definition) is 4. The summed E-state index contributed by atoms with van der Waals surface area (Å²) >= 11 is 0. The van der Waals surface area contributed by atoms with Gasteiger partial charge in [0.05, 0.1) is 30.0 Å². The number of nitrogens with zero attached hydrogens (tertiary/aromatic N) is 3. The Morgan fingerprint density at radius 3 is 2.85 bits per heavy atom. The topological polar surface area (TPSA) is 83.0 Å². The first-order valence-electron chi connectivity index (χ1n) is 9.45. The molecule has 2 aliphatic rings. The number of aromatic nitrogens is 3. The number of fused-ring (bicyclic) bond motifs is 1. The smallest absolute Gasteiger partial charge is 0.253 e. The van der Waals surface area contributed by atoms with Crippen molar-refractivity contribution in [3.63, 3.8) is 0 Å². The van der Waals surface area contributed by atoms with Gasteiger partial charge in [-0.15, -0.1) is 0 Å². The van der Waals surface area contributed by atoms with Crippen LogP contribution in [0, 0.1) is 0 Å². The van der Waals surface area contributed by atoms with E-state index in [4.69, 9.17) is 0 Å². The summed E-state index contributed by atoms with van der Waals surface area (Å²) in [4.78, 5) is 28.3. The Hall–Kier alpha value is -2.41. The van der Waals surface area contributed by atoms with Crippen LogP contribution >= 0.6 is 0 Å². The van der Waals surface area contributed by atoms with Crippen LogP contribution in [0.2, 0.25) is 0 Å². The Labute approximate surface area is 152 Å². The lowest BCUT2D eigenvalue weighted by Crippen LogP contribution is -2.42. The fourth-order valence-corrected chi connectivity index (χ4v) is 4.02. The zero-order valence-corrected chi connectivity index (χ0v) is 14.9. The Bertz CT molecular complexity index is 814. The summed E-state index contributed by atoms with van der Waals surface area (Å²) in [5.41, 5.74) is 2.33. The number of rotatable bonds is 4. The average molecular weight is 355 g/mol. The van der Waals surface area contributed by atoms with Gasteiger partial charge in [0.25, 0.3) is 5.91 Å². The second-order valence-corrected chi connectivity index (χ2v) is 7.24. The normalized spacial score (nSPS) is 18.5. The Balaban J connectivity index is 1.36. The van der Waals surface area contributed by atoms with Crippen molar-refractivity contribution in [1.29, 1.82) is 0 Å². The lowest BCUT2D eigenvalue weighted by atomic mass is 9.94. The van der Waals surface area contributed by atoms with E-state index in [1.54, 1.807) is 0 Å². The van der Waals surface area contributed by atoms with E-state index in [9.17, 15) is 9.59 Å². The molecule has 2 aromatic rings. The molecule has 0 unspecified atom stereocenters. The molecule has 1 aliphatic heterocycles. The number of H-pyrrole nitrogens is 1. The highest BCUT2D eigenvalue weighted by Crippen LogP contribution is 2.26. The van der Waals surface area contributed by atoms with Gasteiger partial charge >= 0.3 is 0 Å². The molecule has 1 amide bonds. The molecule has 1 fully saturated rings. The van der Waals surface area contributed by atoms with Gasteiger partial charge in [-0.25, -0.2) is 0 Å². The molecule has 0 spiro atoms. The Kier molecular flexibility index (Phi) is 4.88. The first-order chi connectivity index (χ1) is 12.7.